The Morgan fingerprint density at radius 2 is 1.46 bits per heavy atom. The summed E-state index contributed by atoms with van der Waals surface area (Å²) in [5.41, 5.74) is 7.56. The molecule has 7 nitrogen and oxygen atoms in total. The highest BCUT2D eigenvalue weighted by Gasteiger charge is 2.20. The number of amides is 1. The lowest BCUT2D eigenvalue weighted by atomic mass is 9.94. The molecule has 0 bridgehead atoms. The van der Waals surface area contributed by atoms with E-state index in [2.05, 4.69) is 11.4 Å². The zero-order valence-corrected chi connectivity index (χ0v) is 21.9. The Morgan fingerprint density at radius 1 is 0.821 bits per heavy atom. The molecule has 4 aromatic rings. The number of nitrogens with two attached hydrogens (primary N) is 1. The third kappa shape index (κ3) is 6.75. The van der Waals surface area contributed by atoms with Gasteiger partial charge in [0.1, 0.15) is 17.2 Å². The molecule has 0 unspecified atom stereocenters. The van der Waals surface area contributed by atoms with Crippen LogP contribution in [-0.2, 0) is 16.0 Å². The molecule has 0 aliphatic heterocycles. The Morgan fingerprint density at radius 3 is 2.18 bits per heavy atom. The monoisotopic (exact) mass is 524 g/mol. The molecule has 1 aliphatic carbocycles. The van der Waals surface area contributed by atoms with Crippen molar-refractivity contribution in [1.29, 1.82) is 0 Å². The molecule has 1 fully saturated rings. The maximum atomic E-state index is 12.6. The first kappa shape index (κ1) is 26.3. The summed E-state index contributed by atoms with van der Waals surface area (Å²) >= 11 is 0. The molecule has 0 heterocycles. The van der Waals surface area contributed by atoms with Crippen LogP contribution in [0.25, 0.3) is 10.8 Å². The molecule has 5 rings (SSSR count). The van der Waals surface area contributed by atoms with Crippen molar-refractivity contribution in [3.63, 3.8) is 0 Å². The van der Waals surface area contributed by atoms with Gasteiger partial charge in [-0.3, -0.25) is 4.79 Å². The van der Waals surface area contributed by atoms with Crippen LogP contribution < -0.4 is 20.5 Å². The van der Waals surface area contributed by atoms with E-state index in [-0.39, 0.29) is 18.4 Å². The van der Waals surface area contributed by atoms with Crippen LogP contribution in [0.4, 0.5) is 5.69 Å². The second-order valence-corrected chi connectivity index (χ2v) is 9.83. The van der Waals surface area contributed by atoms with Gasteiger partial charge < -0.3 is 25.3 Å². The Labute approximate surface area is 227 Å². The molecule has 0 saturated heterocycles. The van der Waals surface area contributed by atoms with Crippen molar-refractivity contribution in [2.24, 2.45) is 5.73 Å². The minimum absolute atomic E-state index is 0.157. The van der Waals surface area contributed by atoms with E-state index in [9.17, 15) is 9.59 Å². The zero-order chi connectivity index (χ0) is 27.2. The van der Waals surface area contributed by atoms with Crippen molar-refractivity contribution in [3.05, 3.63) is 96.1 Å². The van der Waals surface area contributed by atoms with Gasteiger partial charge in [0.05, 0.1) is 30.9 Å². The second-order valence-electron chi connectivity index (χ2n) is 9.83. The lowest BCUT2D eigenvalue weighted by molar-refractivity contribution is -0.115. The SMILES string of the molecule is COC(=O)c1ccccc1NC(=O)Cc1ccc(Oc2ccc3cc(OC4CCC(N)CC4)ccc3c2)cc1. The summed E-state index contributed by atoms with van der Waals surface area (Å²) in [6, 6.07) is 26.5. The van der Waals surface area contributed by atoms with Gasteiger partial charge in [-0.15, -0.1) is 0 Å². The molecular weight excluding hydrogens is 492 g/mol. The smallest absolute Gasteiger partial charge is 0.339 e. The number of methoxy groups -OCH3 is 1. The van der Waals surface area contributed by atoms with Crippen LogP contribution in [0.1, 0.15) is 41.6 Å². The van der Waals surface area contributed by atoms with Gasteiger partial charge in [0.25, 0.3) is 0 Å². The van der Waals surface area contributed by atoms with Crippen LogP contribution in [0.2, 0.25) is 0 Å². The van der Waals surface area contributed by atoms with E-state index in [4.69, 9.17) is 19.9 Å². The number of nitrogens with one attached hydrogen (secondary N) is 1. The molecule has 39 heavy (non-hydrogen) atoms. The minimum atomic E-state index is -0.500. The Balaban J connectivity index is 1.18. The summed E-state index contributed by atoms with van der Waals surface area (Å²) in [6.45, 7) is 0. The van der Waals surface area contributed by atoms with Gasteiger partial charge in [-0.05, 0) is 90.6 Å². The molecule has 200 valence electrons. The second kappa shape index (κ2) is 12.0. The minimum Gasteiger partial charge on any atom is -0.490 e. The summed E-state index contributed by atoms with van der Waals surface area (Å²) in [4.78, 5) is 24.5. The number of hydrogen-bond donors (Lipinski definition) is 2. The van der Waals surface area contributed by atoms with Crippen LogP contribution in [0, 0.1) is 0 Å². The van der Waals surface area contributed by atoms with E-state index in [1.165, 1.54) is 7.11 Å². The van der Waals surface area contributed by atoms with Gasteiger partial charge in [0.2, 0.25) is 5.91 Å². The highest BCUT2D eigenvalue weighted by atomic mass is 16.5. The van der Waals surface area contributed by atoms with Crippen molar-refractivity contribution in [1.82, 2.24) is 0 Å². The van der Waals surface area contributed by atoms with Crippen molar-refractivity contribution in [3.8, 4) is 17.2 Å². The number of para-hydroxylation sites is 1. The zero-order valence-electron chi connectivity index (χ0n) is 21.9. The predicted molar refractivity (Wildman–Crippen MR) is 151 cm³/mol. The highest BCUT2D eigenvalue weighted by Crippen LogP contribution is 2.30. The Bertz CT molecular complexity index is 1460. The van der Waals surface area contributed by atoms with Gasteiger partial charge in [-0.2, -0.15) is 0 Å². The molecule has 3 N–H and O–H groups in total. The number of esters is 1. The Kier molecular flexibility index (Phi) is 8.08. The van der Waals surface area contributed by atoms with E-state index in [1.54, 1.807) is 24.3 Å². The van der Waals surface area contributed by atoms with Crippen LogP contribution in [0.3, 0.4) is 0 Å². The first-order valence-corrected chi connectivity index (χ1v) is 13.2. The molecule has 0 atom stereocenters. The molecule has 0 radical (unpaired) electrons. The number of anilines is 1. The van der Waals surface area contributed by atoms with Crippen LogP contribution in [-0.4, -0.2) is 31.1 Å². The normalized spacial score (nSPS) is 16.9. The van der Waals surface area contributed by atoms with Crippen LogP contribution in [0.15, 0.2) is 84.9 Å². The summed E-state index contributed by atoms with van der Waals surface area (Å²) in [5.74, 6) is 1.54. The van der Waals surface area contributed by atoms with Gasteiger partial charge in [-0.25, -0.2) is 4.79 Å². The van der Waals surface area contributed by atoms with Gasteiger partial charge in [0.15, 0.2) is 0 Å². The summed E-state index contributed by atoms with van der Waals surface area (Å²) in [5, 5.41) is 4.94. The van der Waals surface area contributed by atoms with Gasteiger partial charge in [-0.1, -0.05) is 36.4 Å². The molecule has 1 saturated carbocycles. The number of carbonyl (C=O) groups excluding carboxylic acids is 2. The highest BCUT2D eigenvalue weighted by molar-refractivity contribution is 6.01. The number of fused-ring (bicyclic) bond motifs is 1. The molecular formula is C32H32N2O5. The number of hydrogen-bond acceptors (Lipinski definition) is 6. The fourth-order valence-electron chi connectivity index (χ4n) is 4.81. The van der Waals surface area contributed by atoms with Crippen LogP contribution in [0.5, 0.6) is 17.2 Å². The van der Waals surface area contributed by atoms with Crippen LogP contribution >= 0.6 is 0 Å². The standard InChI is InChI=1S/C32H32N2O5/c1-37-32(36)29-4-2-3-5-30(29)34-31(35)18-21-6-12-25(13-7-21)38-27-14-8-23-20-28(15-9-22(23)19-27)39-26-16-10-24(33)11-17-26/h2-9,12-15,19-20,24,26H,10-11,16-18,33H2,1H3,(H,34,35). The summed E-state index contributed by atoms with van der Waals surface area (Å²) < 4.78 is 17.0. The number of rotatable bonds is 8. The third-order valence-electron chi connectivity index (χ3n) is 6.93. The largest absolute Gasteiger partial charge is 0.490 e. The number of carbonyl (C=O) groups is 2. The summed E-state index contributed by atoms with van der Waals surface area (Å²) in [7, 11) is 1.31. The molecule has 1 amide bonds. The average molecular weight is 525 g/mol. The fourth-order valence-corrected chi connectivity index (χ4v) is 4.81. The predicted octanol–water partition coefficient (Wildman–Crippen LogP) is 6.25. The van der Waals surface area contributed by atoms with E-state index in [0.29, 0.717) is 23.0 Å². The average Bonchev–Trinajstić information content (AvgIpc) is 2.95. The quantitative estimate of drug-likeness (QED) is 0.264. The summed E-state index contributed by atoms with van der Waals surface area (Å²) in [6.07, 6.45) is 4.41. The van der Waals surface area contributed by atoms with Crippen molar-refractivity contribution >= 4 is 28.3 Å². The van der Waals surface area contributed by atoms with E-state index >= 15 is 0 Å². The maximum absolute atomic E-state index is 12.6. The topological polar surface area (TPSA) is 99.9 Å². The molecule has 7 heteroatoms. The van der Waals surface area contributed by atoms with Crippen molar-refractivity contribution in [2.75, 3.05) is 12.4 Å². The first-order chi connectivity index (χ1) is 19.0. The van der Waals surface area contributed by atoms with E-state index in [0.717, 1.165) is 53.5 Å². The number of ether oxygens (including phenoxy) is 3. The molecule has 0 spiro atoms. The first-order valence-electron chi connectivity index (χ1n) is 13.2. The maximum Gasteiger partial charge on any atom is 0.339 e. The fraction of sp³-hybridized carbons (Fsp3) is 0.250. The van der Waals surface area contributed by atoms with E-state index < -0.39 is 5.97 Å². The lowest BCUT2D eigenvalue weighted by Gasteiger charge is -2.26. The lowest BCUT2D eigenvalue weighted by Crippen LogP contribution is -2.31. The van der Waals surface area contributed by atoms with Gasteiger partial charge >= 0.3 is 5.97 Å². The van der Waals surface area contributed by atoms with Crippen molar-refractivity contribution in [2.45, 2.75) is 44.2 Å². The van der Waals surface area contributed by atoms with E-state index in [1.807, 2.05) is 54.6 Å². The molecule has 0 aromatic heterocycles. The number of benzene rings is 4. The Hall–Kier alpha value is -4.36. The molecule has 1 aliphatic rings. The van der Waals surface area contributed by atoms with Gasteiger partial charge in [0, 0.05) is 6.04 Å². The van der Waals surface area contributed by atoms with Crippen molar-refractivity contribution < 1.29 is 23.8 Å². The third-order valence-corrected chi connectivity index (χ3v) is 6.93. The molecule has 4 aromatic carbocycles.